The lowest BCUT2D eigenvalue weighted by atomic mass is 9.78. The monoisotopic (exact) mass is 868 g/mol. The maximum atomic E-state index is 5.97. The molecular formula is C44H28N4S8. The minimum atomic E-state index is -0.200. The number of rotatable bonds is 8. The maximum absolute atomic E-state index is 5.97. The molecule has 4 bridgehead atoms. The smallest absolute Gasteiger partial charge is 0.103 e. The van der Waals surface area contributed by atoms with Crippen molar-refractivity contribution in [3.05, 3.63) is 182 Å². The van der Waals surface area contributed by atoms with Gasteiger partial charge in [-0.15, -0.1) is 90.7 Å². The van der Waals surface area contributed by atoms with Gasteiger partial charge in [-0.25, -0.2) is 19.9 Å². The fourth-order valence-corrected chi connectivity index (χ4v) is 14.2. The summed E-state index contributed by atoms with van der Waals surface area (Å²) in [6.45, 7) is 0. The van der Waals surface area contributed by atoms with Crippen LogP contribution in [0.25, 0.3) is 42.3 Å². The van der Waals surface area contributed by atoms with Gasteiger partial charge in [0.05, 0.1) is 66.0 Å². The Morgan fingerprint density at radius 3 is 0.661 bits per heavy atom. The van der Waals surface area contributed by atoms with Crippen LogP contribution in [0.4, 0.5) is 0 Å². The van der Waals surface area contributed by atoms with Crippen LogP contribution in [-0.4, -0.2) is 19.9 Å². The molecule has 4 aliphatic heterocycles. The van der Waals surface area contributed by atoms with Crippen LogP contribution in [-0.2, 0) is 0 Å². The predicted molar refractivity (Wildman–Crippen MR) is 242 cm³/mol. The van der Waals surface area contributed by atoms with Gasteiger partial charge in [-0.05, 0) is 91.6 Å². The van der Waals surface area contributed by atoms with Crippen molar-refractivity contribution < 1.29 is 0 Å². The van der Waals surface area contributed by atoms with Crippen molar-refractivity contribution in [1.82, 2.24) is 19.9 Å². The van der Waals surface area contributed by atoms with Crippen molar-refractivity contribution in [3.8, 4) is 42.3 Å². The van der Waals surface area contributed by atoms with Gasteiger partial charge >= 0.3 is 0 Å². The summed E-state index contributed by atoms with van der Waals surface area (Å²) in [4.78, 5) is 33.2. The van der Waals surface area contributed by atoms with E-state index in [1.165, 1.54) is 19.5 Å². The maximum Gasteiger partial charge on any atom is 0.103 e. The summed E-state index contributed by atoms with van der Waals surface area (Å²) in [5.41, 5.74) is 7.67. The van der Waals surface area contributed by atoms with Gasteiger partial charge in [-0.1, -0.05) is 48.5 Å². The number of hydrogen-bond acceptors (Lipinski definition) is 12. The fraction of sp³-hybridized carbons (Fsp3) is 0.0909. The van der Waals surface area contributed by atoms with E-state index in [-0.39, 0.29) is 23.7 Å². The van der Waals surface area contributed by atoms with Gasteiger partial charge in [0.15, 0.2) is 0 Å². The first kappa shape index (κ1) is 35.0. The van der Waals surface area contributed by atoms with Crippen LogP contribution < -0.4 is 0 Å². The number of nitrogens with zero attached hydrogens (tertiary/aromatic N) is 4. The van der Waals surface area contributed by atoms with E-state index in [9.17, 15) is 0 Å². The van der Waals surface area contributed by atoms with E-state index in [0.717, 1.165) is 65.1 Å². The van der Waals surface area contributed by atoms with Crippen LogP contribution in [0.15, 0.2) is 140 Å². The Kier molecular flexibility index (Phi) is 9.32. The van der Waals surface area contributed by atoms with E-state index in [2.05, 4.69) is 140 Å². The van der Waals surface area contributed by atoms with Crippen LogP contribution >= 0.6 is 90.7 Å². The standard InChI is InChI=1S/C44H28N4S8/c1-9-25(49-17-1)33-34(26-10-2-18-50-26)42-38(30-14-6-22-54-30)48-44(40(47-42)32-16-8-24-56-32)36(28-12-4-20-52-28)35(27-11-3-19-51-27)43-39(31-15-7-23-55-31)45-41(33)37(46-43)29-13-5-21-53-29/h1-24,33-36H/t33-,34-,35-,36-/m0/s1. The lowest BCUT2D eigenvalue weighted by molar-refractivity contribution is 0.636. The van der Waals surface area contributed by atoms with Crippen LogP contribution in [0.1, 0.15) is 66.0 Å². The van der Waals surface area contributed by atoms with Crippen molar-refractivity contribution in [2.75, 3.05) is 0 Å². The molecule has 56 heavy (non-hydrogen) atoms. The minimum Gasteiger partial charge on any atom is -0.247 e. The Hall–Kier alpha value is -4.24. The normalized spacial score (nSPS) is 18.0. The number of aromatic nitrogens is 4. The lowest BCUT2D eigenvalue weighted by Gasteiger charge is -2.33. The van der Waals surface area contributed by atoms with E-state index in [0.29, 0.717) is 0 Å². The van der Waals surface area contributed by atoms with Crippen LogP contribution in [0.2, 0.25) is 0 Å². The molecule has 0 aromatic carbocycles. The highest BCUT2D eigenvalue weighted by Gasteiger charge is 2.43. The molecule has 4 atom stereocenters. The second-order valence-corrected chi connectivity index (χ2v) is 21.0. The molecule has 4 nitrogen and oxygen atoms in total. The zero-order valence-electron chi connectivity index (χ0n) is 29.2. The minimum absolute atomic E-state index is 0.200. The first-order chi connectivity index (χ1) is 27.8. The fourth-order valence-electron chi connectivity index (χ4n) is 7.87. The summed E-state index contributed by atoms with van der Waals surface area (Å²) in [6.07, 6.45) is 0. The van der Waals surface area contributed by atoms with Gasteiger partial charge < -0.3 is 0 Å². The highest BCUT2D eigenvalue weighted by Crippen LogP contribution is 2.55. The summed E-state index contributed by atoms with van der Waals surface area (Å²) in [5.74, 6) is -0.801. The van der Waals surface area contributed by atoms with Gasteiger partial charge in [0, 0.05) is 19.5 Å². The van der Waals surface area contributed by atoms with Crippen molar-refractivity contribution in [1.29, 1.82) is 0 Å². The van der Waals surface area contributed by atoms with Gasteiger partial charge in [0.1, 0.15) is 22.8 Å². The van der Waals surface area contributed by atoms with Crippen LogP contribution in [0.5, 0.6) is 0 Å². The second-order valence-electron chi connectivity index (χ2n) is 13.3. The first-order valence-electron chi connectivity index (χ1n) is 17.9. The largest absolute Gasteiger partial charge is 0.247 e. The summed E-state index contributed by atoms with van der Waals surface area (Å²) in [5, 5.41) is 17.4. The van der Waals surface area contributed by atoms with Crippen molar-refractivity contribution in [2.45, 2.75) is 23.7 Å². The van der Waals surface area contributed by atoms with Crippen molar-refractivity contribution in [2.24, 2.45) is 0 Å². The topological polar surface area (TPSA) is 51.6 Å². The summed E-state index contributed by atoms with van der Waals surface area (Å²) >= 11 is 14.1. The molecule has 0 amide bonds. The molecule has 0 N–H and O–H groups in total. The third kappa shape index (κ3) is 6.06. The summed E-state index contributed by atoms with van der Waals surface area (Å²) < 4.78 is 0. The molecule has 272 valence electrons. The molecule has 14 heterocycles. The van der Waals surface area contributed by atoms with Gasteiger partial charge in [0.25, 0.3) is 0 Å². The van der Waals surface area contributed by atoms with Gasteiger partial charge in [-0.2, -0.15) is 0 Å². The van der Waals surface area contributed by atoms with E-state index < -0.39 is 0 Å². The third-order valence-corrected chi connectivity index (χ3v) is 17.5. The van der Waals surface area contributed by atoms with E-state index in [1.54, 1.807) is 90.7 Å². The molecule has 0 radical (unpaired) electrons. The molecule has 0 aliphatic carbocycles. The zero-order chi connectivity index (χ0) is 37.0. The highest BCUT2D eigenvalue weighted by atomic mass is 32.1. The van der Waals surface area contributed by atoms with Crippen molar-refractivity contribution >= 4 is 90.7 Å². The van der Waals surface area contributed by atoms with Crippen LogP contribution in [0.3, 0.4) is 0 Å². The first-order valence-corrected chi connectivity index (χ1v) is 25.0. The molecule has 0 fully saturated rings. The molecule has 0 saturated carbocycles. The molecule has 10 aromatic heterocycles. The Balaban J connectivity index is 1.37. The van der Waals surface area contributed by atoms with E-state index in [1.807, 2.05) is 0 Å². The van der Waals surface area contributed by atoms with Crippen molar-refractivity contribution in [3.63, 3.8) is 0 Å². The number of hydrogen-bond donors (Lipinski definition) is 0. The summed E-state index contributed by atoms with van der Waals surface area (Å²) in [6, 6.07) is 35.1. The summed E-state index contributed by atoms with van der Waals surface area (Å²) in [7, 11) is 0. The Morgan fingerprint density at radius 1 is 0.268 bits per heavy atom. The molecule has 14 rings (SSSR count). The molecule has 10 aromatic rings. The van der Waals surface area contributed by atoms with E-state index >= 15 is 0 Å². The predicted octanol–water partition coefficient (Wildman–Crippen LogP) is 14.7. The Morgan fingerprint density at radius 2 is 0.482 bits per heavy atom. The molecule has 0 unspecified atom stereocenters. The molecule has 4 aliphatic rings. The second kappa shape index (κ2) is 14.9. The molecular weight excluding hydrogens is 841 g/mol. The molecule has 0 saturated heterocycles. The highest BCUT2D eigenvalue weighted by molar-refractivity contribution is 7.15. The van der Waals surface area contributed by atoms with Gasteiger partial charge in [0.2, 0.25) is 0 Å². The number of thiophene rings is 8. The molecule has 12 heteroatoms. The zero-order valence-corrected chi connectivity index (χ0v) is 35.8. The Bertz CT molecular complexity index is 2410. The van der Waals surface area contributed by atoms with Gasteiger partial charge in [-0.3, -0.25) is 0 Å². The quantitative estimate of drug-likeness (QED) is 0.153. The van der Waals surface area contributed by atoms with E-state index in [4.69, 9.17) is 19.9 Å². The van der Waals surface area contributed by atoms with Crippen LogP contribution in [0, 0.1) is 0 Å². The average Bonchev–Trinajstić information content (AvgIpc) is 4.06. The lowest BCUT2D eigenvalue weighted by Crippen LogP contribution is -2.24. The third-order valence-electron chi connectivity index (χ3n) is 10.2. The SMILES string of the molecule is c1csc(-c2nc3c(-c4cccs4)nc2[C@@H](c2cccs2)[C@H](c2cccs2)c2nc(-c4cccs4)c(nc2-c2cccs2)[C@@H](c2cccs2)[C@@H]3c2cccs2)c1. The average molecular weight is 869 g/mol. The Labute approximate surface area is 355 Å². The molecule has 0 spiro atoms.